The maximum atomic E-state index is 12.9. The van der Waals surface area contributed by atoms with E-state index in [0.717, 1.165) is 13.1 Å². The lowest BCUT2D eigenvalue weighted by molar-refractivity contribution is -0.130. The van der Waals surface area contributed by atoms with E-state index >= 15 is 0 Å². The zero-order valence-corrected chi connectivity index (χ0v) is 16.4. The topological polar surface area (TPSA) is 97.0 Å². The first-order valence-corrected chi connectivity index (χ1v) is 10.6. The maximum absolute atomic E-state index is 12.9. The fourth-order valence-corrected chi connectivity index (χ4v) is 5.01. The van der Waals surface area contributed by atoms with Crippen LogP contribution in [0.4, 0.5) is 5.69 Å². The predicted octanol–water partition coefficient (Wildman–Crippen LogP) is 0.662. The van der Waals surface area contributed by atoms with Gasteiger partial charge < -0.3 is 20.1 Å². The Bertz CT molecular complexity index is 751. The van der Waals surface area contributed by atoms with Crippen LogP contribution in [0.15, 0.2) is 29.2 Å². The Balaban J connectivity index is 1.78. The highest BCUT2D eigenvalue weighted by Gasteiger charge is 2.39. The Morgan fingerprint density at radius 3 is 2.67 bits per heavy atom. The highest BCUT2D eigenvalue weighted by molar-refractivity contribution is 7.89. The van der Waals surface area contributed by atoms with Gasteiger partial charge in [-0.05, 0) is 44.1 Å². The van der Waals surface area contributed by atoms with Crippen molar-refractivity contribution in [3.05, 3.63) is 24.3 Å². The van der Waals surface area contributed by atoms with E-state index < -0.39 is 15.4 Å². The quantitative estimate of drug-likeness (QED) is 0.732. The van der Waals surface area contributed by atoms with Crippen molar-refractivity contribution >= 4 is 21.6 Å². The van der Waals surface area contributed by atoms with E-state index in [2.05, 4.69) is 10.6 Å². The van der Waals surface area contributed by atoms with Gasteiger partial charge in [-0.2, -0.15) is 4.31 Å². The minimum atomic E-state index is -3.60. The first kappa shape index (κ1) is 20.2. The number of benzene rings is 1. The number of ether oxygens (including phenoxy) is 2. The molecular formula is C18H27N3O5S. The highest BCUT2D eigenvalue weighted by Crippen LogP contribution is 2.31. The van der Waals surface area contributed by atoms with E-state index in [4.69, 9.17) is 9.47 Å². The van der Waals surface area contributed by atoms with Gasteiger partial charge in [-0.15, -0.1) is 0 Å². The summed E-state index contributed by atoms with van der Waals surface area (Å²) in [4.78, 5) is 13.1. The predicted molar refractivity (Wildman–Crippen MR) is 101 cm³/mol. The van der Waals surface area contributed by atoms with E-state index in [-0.39, 0.29) is 10.8 Å². The molecule has 0 saturated carbocycles. The lowest BCUT2D eigenvalue weighted by Crippen LogP contribution is -2.47. The van der Waals surface area contributed by atoms with Gasteiger partial charge in [0.25, 0.3) is 0 Å². The number of morpholine rings is 1. The minimum Gasteiger partial charge on any atom is -0.384 e. The zero-order valence-electron chi connectivity index (χ0n) is 15.6. The molecule has 0 bridgehead atoms. The Morgan fingerprint density at radius 1 is 1.30 bits per heavy atom. The molecule has 2 aliphatic rings. The van der Waals surface area contributed by atoms with Crippen LogP contribution >= 0.6 is 0 Å². The van der Waals surface area contributed by atoms with Crippen molar-refractivity contribution in [1.29, 1.82) is 0 Å². The lowest BCUT2D eigenvalue weighted by Gasteiger charge is -2.35. The van der Waals surface area contributed by atoms with Gasteiger partial charge in [0.15, 0.2) is 0 Å². The van der Waals surface area contributed by atoms with Gasteiger partial charge in [0, 0.05) is 25.9 Å². The number of rotatable bonds is 6. The number of nitrogens with one attached hydrogen (secondary N) is 2. The molecule has 3 rings (SSSR count). The van der Waals surface area contributed by atoms with Crippen LogP contribution in [0.25, 0.3) is 0 Å². The zero-order chi connectivity index (χ0) is 19.3. The van der Waals surface area contributed by atoms with Crippen molar-refractivity contribution in [3.8, 4) is 0 Å². The Kier molecular flexibility index (Phi) is 6.48. The highest BCUT2D eigenvalue weighted by atomic mass is 32.2. The molecule has 1 aromatic carbocycles. The first-order chi connectivity index (χ1) is 13.0. The molecule has 0 atom stereocenters. The largest absolute Gasteiger partial charge is 0.384 e. The summed E-state index contributed by atoms with van der Waals surface area (Å²) in [5, 5.41) is 6.15. The van der Waals surface area contributed by atoms with Crippen LogP contribution in [-0.2, 0) is 24.3 Å². The van der Waals surface area contributed by atoms with Crippen molar-refractivity contribution in [2.24, 2.45) is 5.41 Å². The standard InChI is InChI=1S/C18H27N3O5S/c1-25-14-18(5-7-19-8-6-18)17(22)20-15-3-2-4-16(13-15)27(23,24)21-9-11-26-12-10-21/h2-4,13,19H,5-12,14H2,1H3,(H,20,22). The van der Waals surface area contributed by atoms with Gasteiger partial charge in [-0.1, -0.05) is 6.07 Å². The van der Waals surface area contributed by atoms with Crippen molar-refractivity contribution in [2.45, 2.75) is 17.7 Å². The molecule has 2 heterocycles. The molecule has 0 aromatic heterocycles. The smallest absolute Gasteiger partial charge is 0.243 e. The van der Waals surface area contributed by atoms with E-state index in [0.29, 0.717) is 51.4 Å². The number of piperidine rings is 1. The Hall–Kier alpha value is -1.52. The number of hydrogen-bond acceptors (Lipinski definition) is 6. The molecule has 1 aromatic rings. The second-order valence-electron chi connectivity index (χ2n) is 6.96. The summed E-state index contributed by atoms with van der Waals surface area (Å²) in [5.74, 6) is -0.133. The van der Waals surface area contributed by atoms with Crippen molar-refractivity contribution < 1.29 is 22.7 Å². The average molecular weight is 397 g/mol. The summed E-state index contributed by atoms with van der Waals surface area (Å²) >= 11 is 0. The van der Waals surface area contributed by atoms with E-state index in [1.807, 2.05) is 0 Å². The summed E-state index contributed by atoms with van der Waals surface area (Å²) in [6, 6.07) is 6.42. The molecular weight excluding hydrogens is 370 g/mol. The fraction of sp³-hybridized carbons (Fsp3) is 0.611. The van der Waals surface area contributed by atoms with Gasteiger partial charge in [0.1, 0.15) is 0 Å². The number of carbonyl (C=O) groups is 1. The number of nitrogens with zero attached hydrogens (tertiary/aromatic N) is 1. The lowest BCUT2D eigenvalue weighted by atomic mass is 9.78. The van der Waals surface area contributed by atoms with Gasteiger partial charge in [-0.25, -0.2) is 8.42 Å². The van der Waals surface area contributed by atoms with E-state index in [1.54, 1.807) is 25.3 Å². The Labute approximate surface area is 160 Å². The minimum absolute atomic E-state index is 0.133. The molecule has 2 aliphatic heterocycles. The van der Waals surface area contributed by atoms with Crippen molar-refractivity contribution in [1.82, 2.24) is 9.62 Å². The molecule has 2 saturated heterocycles. The molecule has 0 spiro atoms. The number of hydrogen-bond donors (Lipinski definition) is 2. The summed E-state index contributed by atoms with van der Waals surface area (Å²) in [5.41, 5.74) is -0.123. The SMILES string of the molecule is COCC1(C(=O)Nc2cccc(S(=O)(=O)N3CCOCC3)c2)CCNCC1. The Morgan fingerprint density at radius 2 is 2.00 bits per heavy atom. The summed E-state index contributed by atoms with van der Waals surface area (Å²) in [6.45, 7) is 3.30. The second kappa shape index (κ2) is 8.66. The number of carbonyl (C=O) groups excluding carboxylic acids is 1. The third-order valence-electron chi connectivity index (χ3n) is 5.16. The summed E-state index contributed by atoms with van der Waals surface area (Å²) < 4.78 is 37.6. The first-order valence-electron chi connectivity index (χ1n) is 9.17. The molecule has 27 heavy (non-hydrogen) atoms. The second-order valence-corrected chi connectivity index (χ2v) is 8.90. The molecule has 150 valence electrons. The molecule has 1 amide bonds. The number of amides is 1. The monoisotopic (exact) mass is 397 g/mol. The average Bonchev–Trinajstić information content (AvgIpc) is 2.70. The van der Waals surface area contributed by atoms with Crippen LogP contribution in [0.2, 0.25) is 0 Å². The van der Waals surface area contributed by atoms with Gasteiger partial charge in [-0.3, -0.25) is 4.79 Å². The molecule has 0 radical (unpaired) electrons. The molecule has 2 N–H and O–H groups in total. The summed E-state index contributed by atoms with van der Waals surface area (Å²) in [7, 11) is -2.01. The normalized spacial score (nSPS) is 20.9. The van der Waals surface area contributed by atoms with Crippen LogP contribution < -0.4 is 10.6 Å². The van der Waals surface area contributed by atoms with Crippen LogP contribution in [0.1, 0.15) is 12.8 Å². The fourth-order valence-electron chi connectivity index (χ4n) is 3.55. The number of methoxy groups -OCH3 is 1. The van der Waals surface area contributed by atoms with Crippen LogP contribution in [0, 0.1) is 5.41 Å². The van der Waals surface area contributed by atoms with Gasteiger partial charge >= 0.3 is 0 Å². The van der Waals surface area contributed by atoms with Crippen LogP contribution in [0.3, 0.4) is 0 Å². The molecule has 9 heteroatoms. The maximum Gasteiger partial charge on any atom is 0.243 e. The molecule has 2 fully saturated rings. The molecule has 8 nitrogen and oxygen atoms in total. The third-order valence-corrected chi connectivity index (χ3v) is 7.06. The van der Waals surface area contributed by atoms with Gasteiger partial charge in [0.2, 0.25) is 15.9 Å². The summed E-state index contributed by atoms with van der Waals surface area (Å²) in [6.07, 6.45) is 1.36. The third kappa shape index (κ3) is 4.49. The van der Waals surface area contributed by atoms with Crippen molar-refractivity contribution in [3.63, 3.8) is 0 Å². The number of anilines is 1. The molecule has 0 aliphatic carbocycles. The number of sulfonamides is 1. The van der Waals surface area contributed by atoms with Gasteiger partial charge in [0.05, 0.1) is 30.1 Å². The van der Waals surface area contributed by atoms with E-state index in [1.165, 1.54) is 10.4 Å². The van der Waals surface area contributed by atoms with Crippen LogP contribution in [0.5, 0.6) is 0 Å². The van der Waals surface area contributed by atoms with E-state index in [9.17, 15) is 13.2 Å². The van der Waals surface area contributed by atoms with Crippen molar-refractivity contribution in [2.75, 3.05) is 58.4 Å². The van der Waals surface area contributed by atoms with Crippen LogP contribution in [-0.4, -0.2) is 71.7 Å². The molecule has 0 unspecified atom stereocenters.